The van der Waals surface area contributed by atoms with Gasteiger partial charge in [-0.3, -0.25) is 0 Å². The summed E-state index contributed by atoms with van der Waals surface area (Å²) in [5.74, 6) is 1.87. The molecule has 7 heteroatoms. The number of aliphatic imine (C=N–C) groups is 1. The highest BCUT2D eigenvalue weighted by Crippen LogP contribution is 2.19. The first-order valence-electron chi connectivity index (χ1n) is 9.40. The van der Waals surface area contributed by atoms with Crippen molar-refractivity contribution in [3.05, 3.63) is 36.0 Å². The van der Waals surface area contributed by atoms with E-state index >= 15 is 0 Å². The van der Waals surface area contributed by atoms with Crippen LogP contribution in [0, 0.1) is 0 Å². The van der Waals surface area contributed by atoms with Crippen molar-refractivity contribution >= 4 is 29.9 Å². The molecule has 1 aliphatic carbocycles. The summed E-state index contributed by atoms with van der Waals surface area (Å²) in [7, 11) is 0. The number of allylic oxidation sites excluding steroid dienone is 1. The smallest absolute Gasteiger partial charge is 0.191 e. The van der Waals surface area contributed by atoms with Gasteiger partial charge in [-0.15, -0.1) is 34.2 Å². The third-order valence-electron chi connectivity index (χ3n) is 4.29. The van der Waals surface area contributed by atoms with E-state index < -0.39 is 0 Å². The second-order valence-electron chi connectivity index (χ2n) is 6.63. The Morgan fingerprint density at radius 1 is 1.31 bits per heavy atom. The highest BCUT2D eigenvalue weighted by atomic mass is 127. The summed E-state index contributed by atoms with van der Waals surface area (Å²) >= 11 is 0. The zero-order valence-corrected chi connectivity index (χ0v) is 18.5. The van der Waals surface area contributed by atoms with Crippen molar-refractivity contribution in [2.24, 2.45) is 4.99 Å². The number of nitrogens with zero attached hydrogens (tertiary/aromatic N) is 4. The van der Waals surface area contributed by atoms with Crippen LogP contribution >= 0.6 is 24.0 Å². The second-order valence-corrected chi connectivity index (χ2v) is 6.63. The standard InChI is InChI=1S/C19H32N6.HI/c1-4-18-24-23-15-25(18)13-12-21-19(22-14-16(2)3)20-11-10-17-8-6-5-7-9-17;/h8,15H,2,4-7,9-14H2,1,3H3,(H2,20,21,22);1H. The van der Waals surface area contributed by atoms with E-state index in [1.54, 1.807) is 11.9 Å². The van der Waals surface area contributed by atoms with Gasteiger partial charge in [0.05, 0.1) is 6.54 Å². The molecule has 0 spiro atoms. The number of guanidine groups is 1. The average molecular weight is 472 g/mol. The minimum atomic E-state index is 0. The van der Waals surface area contributed by atoms with Crippen LogP contribution < -0.4 is 10.6 Å². The van der Waals surface area contributed by atoms with Crippen molar-refractivity contribution < 1.29 is 0 Å². The predicted octanol–water partition coefficient (Wildman–Crippen LogP) is 3.46. The summed E-state index contributed by atoms with van der Waals surface area (Å²) in [6.45, 7) is 11.2. The van der Waals surface area contributed by atoms with Gasteiger partial charge in [-0.05, 0) is 39.0 Å². The van der Waals surface area contributed by atoms with E-state index in [9.17, 15) is 0 Å². The van der Waals surface area contributed by atoms with Crippen molar-refractivity contribution in [2.75, 3.05) is 19.6 Å². The van der Waals surface area contributed by atoms with Crippen LogP contribution in [0.4, 0.5) is 0 Å². The number of hydrogen-bond acceptors (Lipinski definition) is 3. The third kappa shape index (κ3) is 8.33. The lowest BCUT2D eigenvalue weighted by Crippen LogP contribution is -2.39. The van der Waals surface area contributed by atoms with Gasteiger partial charge in [0.25, 0.3) is 0 Å². The van der Waals surface area contributed by atoms with E-state index in [1.165, 1.54) is 25.7 Å². The second kappa shape index (κ2) is 12.9. The number of aromatic nitrogens is 3. The van der Waals surface area contributed by atoms with Crippen LogP contribution in [0.15, 0.2) is 35.1 Å². The van der Waals surface area contributed by atoms with Crippen LogP contribution in [0.25, 0.3) is 0 Å². The van der Waals surface area contributed by atoms with Crippen LogP contribution in [0.2, 0.25) is 0 Å². The molecular formula is C19H33IN6. The van der Waals surface area contributed by atoms with E-state index in [4.69, 9.17) is 0 Å². The van der Waals surface area contributed by atoms with E-state index in [2.05, 4.69) is 50.0 Å². The number of nitrogens with one attached hydrogen (secondary N) is 2. The first kappa shape index (κ1) is 22.7. The fourth-order valence-corrected chi connectivity index (χ4v) is 2.90. The normalized spacial score (nSPS) is 14.4. The lowest BCUT2D eigenvalue weighted by Gasteiger charge is -2.16. The summed E-state index contributed by atoms with van der Waals surface area (Å²) < 4.78 is 2.08. The Morgan fingerprint density at radius 2 is 2.12 bits per heavy atom. The summed E-state index contributed by atoms with van der Waals surface area (Å²) in [6.07, 6.45) is 11.3. The Morgan fingerprint density at radius 3 is 2.81 bits per heavy atom. The Bertz CT molecular complexity index is 605. The van der Waals surface area contributed by atoms with Gasteiger partial charge >= 0.3 is 0 Å². The molecule has 0 saturated carbocycles. The lowest BCUT2D eigenvalue weighted by atomic mass is 9.97. The monoisotopic (exact) mass is 472 g/mol. The number of rotatable bonds is 9. The molecule has 0 bridgehead atoms. The molecule has 0 unspecified atom stereocenters. The molecule has 2 rings (SSSR count). The van der Waals surface area contributed by atoms with Gasteiger partial charge in [-0.2, -0.15) is 0 Å². The van der Waals surface area contributed by atoms with Crippen LogP contribution in [0.5, 0.6) is 0 Å². The van der Waals surface area contributed by atoms with Crippen LogP contribution in [0.3, 0.4) is 0 Å². The molecule has 1 aromatic rings. The van der Waals surface area contributed by atoms with Crippen molar-refractivity contribution in [3.8, 4) is 0 Å². The minimum absolute atomic E-state index is 0. The van der Waals surface area contributed by atoms with E-state index in [0.717, 1.165) is 49.8 Å². The Balaban J connectivity index is 0.00000338. The van der Waals surface area contributed by atoms with Crippen molar-refractivity contribution in [3.63, 3.8) is 0 Å². The molecule has 2 N–H and O–H groups in total. The summed E-state index contributed by atoms with van der Waals surface area (Å²) in [5.41, 5.74) is 2.64. The van der Waals surface area contributed by atoms with Gasteiger partial charge in [0.2, 0.25) is 0 Å². The van der Waals surface area contributed by atoms with Crippen molar-refractivity contribution in [2.45, 2.75) is 58.9 Å². The first-order valence-corrected chi connectivity index (χ1v) is 9.40. The highest BCUT2D eigenvalue weighted by Gasteiger charge is 2.05. The first-order chi connectivity index (χ1) is 12.2. The maximum atomic E-state index is 4.60. The third-order valence-corrected chi connectivity index (χ3v) is 4.29. The molecule has 1 aliphatic rings. The lowest BCUT2D eigenvalue weighted by molar-refractivity contribution is 0.628. The van der Waals surface area contributed by atoms with E-state index in [0.29, 0.717) is 6.54 Å². The van der Waals surface area contributed by atoms with Crippen molar-refractivity contribution in [1.82, 2.24) is 25.4 Å². The van der Waals surface area contributed by atoms with E-state index in [-0.39, 0.29) is 24.0 Å². The van der Waals surface area contributed by atoms with Crippen LogP contribution in [-0.4, -0.2) is 40.4 Å². The topological polar surface area (TPSA) is 67.1 Å². The maximum absolute atomic E-state index is 4.60. The summed E-state index contributed by atoms with van der Waals surface area (Å²) in [5, 5.41) is 14.9. The fourth-order valence-electron chi connectivity index (χ4n) is 2.90. The van der Waals surface area contributed by atoms with Gasteiger partial charge in [0, 0.05) is 26.1 Å². The molecule has 0 amide bonds. The number of hydrogen-bond donors (Lipinski definition) is 2. The van der Waals surface area contributed by atoms with E-state index in [1.807, 2.05) is 6.92 Å². The summed E-state index contributed by atoms with van der Waals surface area (Å²) in [6, 6.07) is 0. The molecule has 0 aliphatic heterocycles. The molecule has 1 heterocycles. The predicted molar refractivity (Wildman–Crippen MR) is 119 cm³/mol. The molecule has 0 radical (unpaired) electrons. The van der Waals surface area contributed by atoms with Gasteiger partial charge in [0.15, 0.2) is 5.96 Å². The van der Waals surface area contributed by atoms with Gasteiger partial charge in [0.1, 0.15) is 12.2 Å². The van der Waals surface area contributed by atoms with Gasteiger partial charge < -0.3 is 15.2 Å². The molecule has 0 saturated heterocycles. The van der Waals surface area contributed by atoms with Crippen LogP contribution in [0.1, 0.15) is 51.8 Å². The Hall–Kier alpha value is -1.38. The van der Waals surface area contributed by atoms with Gasteiger partial charge in [-0.1, -0.05) is 30.7 Å². The van der Waals surface area contributed by atoms with Gasteiger partial charge in [-0.25, -0.2) is 4.99 Å². The minimum Gasteiger partial charge on any atom is -0.356 e. The maximum Gasteiger partial charge on any atom is 0.191 e. The Labute approximate surface area is 174 Å². The molecule has 0 aromatic carbocycles. The SMILES string of the molecule is C=C(C)CN=C(NCCC1=CCCCC1)NCCn1cnnc1CC.I. The zero-order valence-electron chi connectivity index (χ0n) is 16.1. The quantitative estimate of drug-likeness (QED) is 0.250. The summed E-state index contributed by atoms with van der Waals surface area (Å²) in [4.78, 5) is 4.60. The molecule has 1 aromatic heterocycles. The van der Waals surface area contributed by atoms with Crippen molar-refractivity contribution in [1.29, 1.82) is 0 Å². The average Bonchev–Trinajstić information content (AvgIpc) is 3.07. The molecule has 26 heavy (non-hydrogen) atoms. The molecular weight excluding hydrogens is 439 g/mol. The number of halogens is 1. The molecule has 6 nitrogen and oxygen atoms in total. The Kier molecular flexibility index (Phi) is 11.2. The number of aryl methyl sites for hydroxylation is 1. The molecule has 0 atom stereocenters. The molecule has 146 valence electrons. The van der Waals surface area contributed by atoms with Crippen LogP contribution in [-0.2, 0) is 13.0 Å². The highest BCUT2D eigenvalue weighted by molar-refractivity contribution is 14.0. The zero-order chi connectivity index (χ0) is 17.9. The largest absolute Gasteiger partial charge is 0.356 e. The molecule has 0 fully saturated rings. The fraction of sp³-hybridized carbons (Fsp3) is 0.632.